The van der Waals surface area contributed by atoms with Crippen LogP contribution >= 0.6 is 0 Å². The Balaban J connectivity index is 2.22. The number of nitriles is 1. The van der Waals surface area contributed by atoms with E-state index in [9.17, 15) is 9.90 Å². The van der Waals surface area contributed by atoms with E-state index in [1.807, 2.05) is 6.07 Å². The minimum atomic E-state index is -0.877. The lowest BCUT2D eigenvalue weighted by Gasteiger charge is -2.12. The van der Waals surface area contributed by atoms with Crippen molar-refractivity contribution >= 4 is 5.97 Å². The number of aliphatic carboxylic acids is 1. The van der Waals surface area contributed by atoms with Crippen LogP contribution in [0.25, 0.3) is 0 Å². The van der Waals surface area contributed by atoms with Gasteiger partial charge in [0.15, 0.2) is 0 Å². The van der Waals surface area contributed by atoms with Gasteiger partial charge in [0.2, 0.25) is 0 Å². The second-order valence-corrected chi connectivity index (χ2v) is 4.19. The Morgan fingerprint density at radius 3 is 2.58 bits per heavy atom. The van der Waals surface area contributed by atoms with Crippen LogP contribution in [0.3, 0.4) is 0 Å². The van der Waals surface area contributed by atoms with E-state index in [0.717, 1.165) is 5.56 Å². The first-order valence-electron chi connectivity index (χ1n) is 5.82. The quantitative estimate of drug-likeness (QED) is 0.906. The van der Waals surface area contributed by atoms with Crippen LogP contribution in [0.15, 0.2) is 48.8 Å². The van der Waals surface area contributed by atoms with Crippen molar-refractivity contribution in [2.45, 2.75) is 12.3 Å². The first-order chi connectivity index (χ1) is 9.20. The van der Waals surface area contributed by atoms with Crippen molar-refractivity contribution in [3.05, 3.63) is 65.5 Å². The number of benzene rings is 1. The maximum absolute atomic E-state index is 11.3. The Kier molecular flexibility index (Phi) is 3.89. The molecule has 1 aromatic carbocycles. The van der Waals surface area contributed by atoms with Gasteiger partial charge in [0.05, 0.1) is 17.6 Å². The molecule has 1 atom stereocenters. The predicted molar refractivity (Wildman–Crippen MR) is 69.5 cm³/mol. The molecule has 0 amide bonds. The van der Waals surface area contributed by atoms with Gasteiger partial charge in [0.25, 0.3) is 0 Å². The molecule has 0 aliphatic rings. The van der Waals surface area contributed by atoms with E-state index in [4.69, 9.17) is 5.26 Å². The van der Waals surface area contributed by atoms with Crippen LogP contribution in [-0.2, 0) is 11.2 Å². The van der Waals surface area contributed by atoms with E-state index in [2.05, 4.69) is 4.98 Å². The fourth-order valence-electron chi connectivity index (χ4n) is 1.88. The molecule has 2 aromatic rings. The van der Waals surface area contributed by atoms with Crippen molar-refractivity contribution in [2.75, 3.05) is 0 Å². The SMILES string of the molecule is N#Cc1ccc(C[C@@H](C(=O)O)c2cccnc2)cc1. The van der Waals surface area contributed by atoms with Gasteiger partial charge in [-0.05, 0) is 35.7 Å². The maximum atomic E-state index is 11.3. The number of aromatic nitrogens is 1. The molecule has 0 saturated carbocycles. The number of hydrogen-bond acceptors (Lipinski definition) is 3. The van der Waals surface area contributed by atoms with Crippen molar-refractivity contribution in [3.8, 4) is 6.07 Å². The number of nitrogens with zero attached hydrogens (tertiary/aromatic N) is 2. The fraction of sp³-hybridized carbons (Fsp3) is 0.133. The molecule has 0 aliphatic heterocycles. The van der Waals surface area contributed by atoms with E-state index in [1.54, 1.807) is 48.8 Å². The summed E-state index contributed by atoms with van der Waals surface area (Å²) in [5.41, 5.74) is 2.13. The molecule has 94 valence electrons. The number of pyridine rings is 1. The minimum Gasteiger partial charge on any atom is -0.481 e. The van der Waals surface area contributed by atoms with Crippen LogP contribution < -0.4 is 0 Å². The van der Waals surface area contributed by atoms with Crippen molar-refractivity contribution in [3.63, 3.8) is 0 Å². The summed E-state index contributed by atoms with van der Waals surface area (Å²) in [6, 6.07) is 12.5. The standard InChI is InChI=1S/C15H12N2O2/c16-9-12-5-3-11(4-6-12)8-14(15(18)19)13-2-1-7-17-10-13/h1-7,10,14H,8H2,(H,18,19)/t14-/m1/s1. The number of carboxylic acid groups (broad SMARTS) is 1. The molecule has 0 bridgehead atoms. The minimum absolute atomic E-state index is 0.382. The first-order valence-corrected chi connectivity index (χ1v) is 5.82. The normalized spacial score (nSPS) is 11.5. The lowest BCUT2D eigenvalue weighted by molar-refractivity contribution is -0.138. The van der Waals surface area contributed by atoms with Gasteiger partial charge < -0.3 is 5.11 Å². The van der Waals surface area contributed by atoms with E-state index in [1.165, 1.54) is 0 Å². The second-order valence-electron chi connectivity index (χ2n) is 4.19. The molecule has 4 nitrogen and oxygen atoms in total. The average molecular weight is 252 g/mol. The van der Waals surface area contributed by atoms with E-state index >= 15 is 0 Å². The highest BCUT2D eigenvalue weighted by Gasteiger charge is 2.20. The highest BCUT2D eigenvalue weighted by Crippen LogP contribution is 2.20. The zero-order chi connectivity index (χ0) is 13.7. The Morgan fingerprint density at radius 1 is 1.32 bits per heavy atom. The van der Waals surface area contributed by atoms with Crippen molar-refractivity contribution < 1.29 is 9.90 Å². The molecule has 0 spiro atoms. The van der Waals surface area contributed by atoms with Gasteiger partial charge in [-0.3, -0.25) is 9.78 Å². The van der Waals surface area contributed by atoms with Gasteiger partial charge in [-0.2, -0.15) is 5.26 Å². The molecule has 1 N–H and O–H groups in total. The Morgan fingerprint density at radius 2 is 2.05 bits per heavy atom. The third-order valence-corrected chi connectivity index (χ3v) is 2.91. The molecule has 1 heterocycles. The van der Waals surface area contributed by atoms with Gasteiger partial charge in [-0.15, -0.1) is 0 Å². The molecular weight excluding hydrogens is 240 g/mol. The van der Waals surface area contributed by atoms with E-state index in [0.29, 0.717) is 17.5 Å². The summed E-state index contributed by atoms with van der Waals surface area (Å²) in [6.07, 6.45) is 3.57. The summed E-state index contributed by atoms with van der Waals surface area (Å²) >= 11 is 0. The first kappa shape index (κ1) is 12.8. The topological polar surface area (TPSA) is 74.0 Å². The van der Waals surface area contributed by atoms with Crippen LogP contribution in [0, 0.1) is 11.3 Å². The monoisotopic (exact) mass is 252 g/mol. The van der Waals surface area contributed by atoms with Crippen molar-refractivity contribution in [1.82, 2.24) is 4.98 Å². The number of hydrogen-bond donors (Lipinski definition) is 1. The zero-order valence-electron chi connectivity index (χ0n) is 10.2. The summed E-state index contributed by atoms with van der Waals surface area (Å²) in [6.45, 7) is 0. The molecule has 2 rings (SSSR count). The lowest BCUT2D eigenvalue weighted by Crippen LogP contribution is -2.14. The average Bonchev–Trinajstić information content (AvgIpc) is 2.46. The van der Waals surface area contributed by atoms with Gasteiger partial charge in [-0.25, -0.2) is 0 Å². The molecule has 1 aromatic heterocycles. The number of carbonyl (C=O) groups is 1. The predicted octanol–water partition coefficient (Wildman–Crippen LogP) is 2.36. The largest absolute Gasteiger partial charge is 0.481 e. The van der Waals surface area contributed by atoms with Crippen LogP contribution in [0.2, 0.25) is 0 Å². The van der Waals surface area contributed by atoms with Crippen LogP contribution in [0.5, 0.6) is 0 Å². The molecule has 0 fully saturated rings. The maximum Gasteiger partial charge on any atom is 0.311 e. The summed E-state index contributed by atoms with van der Waals surface area (Å²) in [5.74, 6) is -1.50. The zero-order valence-corrected chi connectivity index (χ0v) is 10.2. The summed E-state index contributed by atoms with van der Waals surface area (Å²) in [7, 11) is 0. The van der Waals surface area contributed by atoms with Crippen LogP contribution in [0.1, 0.15) is 22.6 Å². The van der Waals surface area contributed by atoms with Gasteiger partial charge in [0, 0.05) is 12.4 Å². The molecule has 19 heavy (non-hydrogen) atoms. The summed E-state index contributed by atoms with van der Waals surface area (Å²) in [4.78, 5) is 15.3. The Hall–Kier alpha value is -2.67. The molecule has 0 radical (unpaired) electrons. The highest BCUT2D eigenvalue weighted by molar-refractivity contribution is 5.76. The van der Waals surface area contributed by atoms with Crippen LogP contribution in [0.4, 0.5) is 0 Å². The lowest BCUT2D eigenvalue weighted by atomic mass is 9.93. The van der Waals surface area contributed by atoms with Crippen molar-refractivity contribution in [1.29, 1.82) is 5.26 Å². The smallest absolute Gasteiger partial charge is 0.311 e. The Labute approximate surface area is 111 Å². The van der Waals surface area contributed by atoms with Crippen molar-refractivity contribution in [2.24, 2.45) is 0 Å². The van der Waals surface area contributed by atoms with E-state index in [-0.39, 0.29) is 0 Å². The third-order valence-electron chi connectivity index (χ3n) is 2.91. The highest BCUT2D eigenvalue weighted by atomic mass is 16.4. The summed E-state index contributed by atoms with van der Waals surface area (Å²) < 4.78 is 0. The number of carboxylic acids is 1. The molecule has 0 aliphatic carbocycles. The van der Waals surface area contributed by atoms with E-state index < -0.39 is 11.9 Å². The second kappa shape index (κ2) is 5.78. The molecule has 0 unspecified atom stereocenters. The molecule has 0 saturated heterocycles. The third kappa shape index (κ3) is 3.17. The van der Waals surface area contributed by atoms with Gasteiger partial charge in [-0.1, -0.05) is 18.2 Å². The van der Waals surface area contributed by atoms with Gasteiger partial charge in [0.1, 0.15) is 0 Å². The van der Waals surface area contributed by atoms with Crippen LogP contribution in [-0.4, -0.2) is 16.1 Å². The van der Waals surface area contributed by atoms with Gasteiger partial charge >= 0.3 is 5.97 Å². The Bertz CT molecular complexity index is 600. The molecule has 4 heteroatoms. The summed E-state index contributed by atoms with van der Waals surface area (Å²) in [5, 5.41) is 18.0. The number of rotatable bonds is 4. The molecular formula is C15H12N2O2. The fourth-order valence-corrected chi connectivity index (χ4v) is 1.88.